The van der Waals surface area contributed by atoms with Crippen LogP contribution in [0.25, 0.3) is 0 Å². The maximum absolute atomic E-state index is 13.0. The normalized spacial score (nSPS) is 18.0. The summed E-state index contributed by atoms with van der Waals surface area (Å²) >= 11 is 0. The van der Waals surface area contributed by atoms with Crippen molar-refractivity contribution >= 4 is 6.09 Å². The lowest BCUT2D eigenvalue weighted by atomic mass is 9.83. The Bertz CT molecular complexity index is 991. The maximum Gasteiger partial charge on any atom is 0.410 e. The highest BCUT2D eigenvalue weighted by molar-refractivity contribution is 5.69. The van der Waals surface area contributed by atoms with Crippen molar-refractivity contribution in [2.24, 2.45) is 0 Å². The Morgan fingerprint density at radius 1 is 0.939 bits per heavy atom. The van der Waals surface area contributed by atoms with E-state index in [1.165, 1.54) is 22.3 Å². The summed E-state index contributed by atoms with van der Waals surface area (Å²) in [5.74, 6) is -0.0106. The minimum atomic E-state index is -0.267. The average molecular weight is 444 g/mol. The number of benzene rings is 3. The lowest BCUT2D eigenvalue weighted by Crippen LogP contribution is -2.45. The van der Waals surface area contributed by atoms with Gasteiger partial charge >= 0.3 is 6.09 Å². The van der Waals surface area contributed by atoms with Crippen molar-refractivity contribution in [1.82, 2.24) is 4.90 Å². The Kier molecular flexibility index (Phi) is 7.46. The Hall–Kier alpha value is -3.11. The first kappa shape index (κ1) is 23.1. The molecule has 0 bridgehead atoms. The molecule has 1 heterocycles. The van der Waals surface area contributed by atoms with Crippen LogP contribution >= 0.6 is 0 Å². The molecule has 2 atom stereocenters. The lowest BCUT2D eigenvalue weighted by molar-refractivity contribution is 0.00931. The first-order valence-corrected chi connectivity index (χ1v) is 11.8. The standard InChI is InChI=1S/C29H33NO3/c1-4-32-29(31)30-16-15-26(33-20-23-18-21(2)17-22(3)19-23)28(30)27(24-11-7-5-8-12-24)25-13-9-6-10-14-25/h5-14,17-19,26-28H,4,15-16,20H2,1-3H3/t26-,28+/m0/s1. The van der Waals surface area contributed by atoms with E-state index in [1.54, 1.807) is 0 Å². The van der Waals surface area contributed by atoms with Crippen LogP contribution in [0.15, 0.2) is 78.9 Å². The number of carbonyl (C=O) groups is 1. The molecule has 0 aromatic heterocycles. The summed E-state index contributed by atoms with van der Waals surface area (Å²) in [7, 11) is 0. The second-order valence-corrected chi connectivity index (χ2v) is 8.82. The van der Waals surface area contributed by atoms with Gasteiger partial charge in [0.05, 0.1) is 25.4 Å². The SMILES string of the molecule is CCOC(=O)N1CC[C@H](OCc2cc(C)cc(C)c2)[C@@H]1C(c1ccccc1)c1ccccc1. The molecule has 1 aliphatic heterocycles. The fourth-order valence-electron chi connectivity index (χ4n) is 5.05. The molecule has 0 saturated carbocycles. The van der Waals surface area contributed by atoms with Gasteiger partial charge < -0.3 is 14.4 Å². The van der Waals surface area contributed by atoms with Gasteiger partial charge in [0, 0.05) is 12.5 Å². The van der Waals surface area contributed by atoms with Crippen LogP contribution in [0.4, 0.5) is 4.79 Å². The molecule has 1 aliphatic rings. The highest BCUT2D eigenvalue weighted by atomic mass is 16.6. The highest BCUT2D eigenvalue weighted by Gasteiger charge is 2.44. The smallest absolute Gasteiger partial charge is 0.410 e. The largest absolute Gasteiger partial charge is 0.450 e. The second-order valence-electron chi connectivity index (χ2n) is 8.82. The Labute approximate surface area is 197 Å². The fourth-order valence-corrected chi connectivity index (χ4v) is 5.05. The first-order valence-electron chi connectivity index (χ1n) is 11.8. The lowest BCUT2D eigenvalue weighted by Gasteiger charge is -2.35. The van der Waals surface area contributed by atoms with Gasteiger partial charge in [-0.25, -0.2) is 4.79 Å². The zero-order chi connectivity index (χ0) is 23.2. The van der Waals surface area contributed by atoms with Crippen LogP contribution in [0.2, 0.25) is 0 Å². The summed E-state index contributed by atoms with van der Waals surface area (Å²) in [5, 5.41) is 0. The summed E-state index contributed by atoms with van der Waals surface area (Å²) in [6, 6.07) is 27.2. The molecule has 0 aliphatic carbocycles. The van der Waals surface area contributed by atoms with E-state index >= 15 is 0 Å². The maximum atomic E-state index is 13.0. The summed E-state index contributed by atoms with van der Waals surface area (Å²) in [5.41, 5.74) is 5.97. The molecule has 1 amide bonds. The molecule has 0 spiro atoms. The van der Waals surface area contributed by atoms with E-state index in [-0.39, 0.29) is 24.2 Å². The zero-order valence-corrected chi connectivity index (χ0v) is 19.7. The molecular weight excluding hydrogens is 410 g/mol. The first-order chi connectivity index (χ1) is 16.1. The quantitative estimate of drug-likeness (QED) is 0.433. The topological polar surface area (TPSA) is 38.8 Å². The third-order valence-electron chi connectivity index (χ3n) is 6.30. The molecule has 172 valence electrons. The Balaban J connectivity index is 1.69. The molecule has 33 heavy (non-hydrogen) atoms. The number of amides is 1. The van der Waals surface area contributed by atoms with E-state index in [1.807, 2.05) is 24.0 Å². The number of carbonyl (C=O) groups excluding carboxylic acids is 1. The van der Waals surface area contributed by atoms with Crippen molar-refractivity contribution in [3.05, 3.63) is 107 Å². The van der Waals surface area contributed by atoms with Crippen molar-refractivity contribution in [2.75, 3.05) is 13.2 Å². The molecule has 1 saturated heterocycles. The van der Waals surface area contributed by atoms with Crippen LogP contribution in [0, 0.1) is 13.8 Å². The molecule has 0 N–H and O–H groups in total. The van der Waals surface area contributed by atoms with Gasteiger partial charge in [-0.1, -0.05) is 90.0 Å². The van der Waals surface area contributed by atoms with Gasteiger partial charge in [-0.2, -0.15) is 0 Å². The minimum absolute atomic E-state index is 0.0106. The molecule has 4 rings (SSSR count). The van der Waals surface area contributed by atoms with Crippen molar-refractivity contribution in [3.8, 4) is 0 Å². The molecular formula is C29H33NO3. The van der Waals surface area contributed by atoms with Crippen molar-refractivity contribution in [3.63, 3.8) is 0 Å². The summed E-state index contributed by atoms with van der Waals surface area (Å²) < 4.78 is 12.0. The summed E-state index contributed by atoms with van der Waals surface area (Å²) in [4.78, 5) is 14.9. The number of hydrogen-bond donors (Lipinski definition) is 0. The Morgan fingerprint density at radius 3 is 2.06 bits per heavy atom. The molecule has 4 heteroatoms. The van der Waals surface area contributed by atoms with Gasteiger partial charge in [-0.05, 0) is 43.9 Å². The fraction of sp³-hybridized carbons (Fsp3) is 0.345. The van der Waals surface area contributed by atoms with Gasteiger partial charge in [0.15, 0.2) is 0 Å². The number of likely N-dealkylation sites (tertiary alicyclic amines) is 1. The van der Waals surface area contributed by atoms with Gasteiger partial charge in [-0.3, -0.25) is 0 Å². The van der Waals surface area contributed by atoms with E-state index in [2.05, 4.69) is 80.6 Å². The monoisotopic (exact) mass is 443 g/mol. The third-order valence-corrected chi connectivity index (χ3v) is 6.30. The van der Waals surface area contributed by atoms with Gasteiger partial charge in [0.25, 0.3) is 0 Å². The van der Waals surface area contributed by atoms with E-state index in [0.717, 1.165) is 12.0 Å². The average Bonchev–Trinajstić information content (AvgIpc) is 3.22. The van der Waals surface area contributed by atoms with Crippen LogP contribution in [0.3, 0.4) is 0 Å². The van der Waals surface area contributed by atoms with E-state index in [9.17, 15) is 4.79 Å². The number of ether oxygens (including phenoxy) is 2. The van der Waals surface area contributed by atoms with Gasteiger partial charge in [0.1, 0.15) is 0 Å². The van der Waals surface area contributed by atoms with Gasteiger partial charge in [0.2, 0.25) is 0 Å². The Morgan fingerprint density at radius 2 is 1.52 bits per heavy atom. The van der Waals surface area contributed by atoms with E-state index < -0.39 is 0 Å². The predicted octanol–water partition coefficient (Wildman–Crippen LogP) is 6.25. The van der Waals surface area contributed by atoms with E-state index in [4.69, 9.17) is 9.47 Å². The number of nitrogens with zero attached hydrogens (tertiary/aromatic N) is 1. The molecule has 4 nitrogen and oxygen atoms in total. The van der Waals surface area contributed by atoms with Gasteiger partial charge in [-0.15, -0.1) is 0 Å². The predicted molar refractivity (Wildman–Crippen MR) is 131 cm³/mol. The molecule has 1 fully saturated rings. The number of aryl methyl sites for hydroxylation is 2. The van der Waals surface area contributed by atoms with Crippen LogP contribution < -0.4 is 0 Å². The summed E-state index contributed by atoms with van der Waals surface area (Å²) in [6.45, 7) is 7.57. The molecule has 0 unspecified atom stereocenters. The van der Waals surface area contributed by atoms with Crippen LogP contribution in [-0.4, -0.2) is 36.3 Å². The molecule has 0 radical (unpaired) electrons. The number of hydrogen-bond acceptors (Lipinski definition) is 3. The van der Waals surface area contributed by atoms with Crippen LogP contribution in [-0.2, 0) is 16.1 Å². The number of rotatable bonds is 7. The van der Waals surface area contributed by atoms with E-state index in [0.29, 0.717) is 19.8 Å². The highest BCUT2D eigenvalue weighted by Crippen LogP contribution is 2.38. The summed E-state index contributed by atoms with van der Waals surface area (Å²) in [6.07, 6.45) is 0.419. The minimum Gasteiger partial charge on any atom is -0.450 e. The zero-order valence-electron chi connectivity index (χ0n) is 19.7. The second kappa shape index (κ2) is 10.7. The van der Waals surface area contributed by atoms with Crippen molar-refractivity contribution in [1.29, 1.82) is 0 Å². The van der Waals surface area contributed by atoms with Crippen molar-refractivity contribution in [2.45, 2.75) is 51.9 Å². The van der Waals surface area contributed by atoms with Crippen molar-refractivity contribution < 1.29 is 14.3 Å². The van der Waals surface area contributed by atoms with Crippen LogP contribution in [0.5, 0.6) is 0 Å². The molecule has 3 aromatic rings. The molecule has 3 aromatic carbocycles. The third kappa shape index (κ3) is 5.45. The van der Waals surface area contributed by atoms with Crippen LogP contribution in [0.1, 0.15) is 47.1 Å².